The average molecular weight is 398 g/mol. The van der Waals surface area contributed by atoms with Crippen molar-refractivity contribution in [2.45, 2.75) is 18.7 Å². The van der Waals surface area contributed by atoms with Gasteiger partial charge in [-0.05, 0) is 67.4 Å². The van der Waals surface area contributed by atoms with Crippen LogP contribution in [0.2, 0.25) is 0 Å². The number of carbonyl (C=O) groups excluding carboxylic acids is 1. The van der Waals surface area contributed by atoms with Crippen molar-refractivity contribution in [1.29, 1.82) is 0 Å². The van der Waals surface area contributed by atoms with Crippen molar-refractivity contribution in [1.82, 2.24) is 0 Å². The number of nitrogens with one attached hydrogen (secondary N) is 2. The van der Waals surface area contributed by atoms with Gasteiger partial charge in [0, 0.05) is 11.3 Å². The molecule has 0 aromatic heterocycles. The minimum absolute atomic E-state index is 0.0922. The van der Waals surface area contributed by atoms with Gasteiger partial charge >= 0.3 is 0 Å². The largest absolute Gasteiger partial charge is 0.322 e. The van der Waals surface area contributed by atoms with Gasteiger partial charge in [-0.25, -0.2) is 12.8 Å². The van der Waals surface area contributed by atoms with E-state index in [4.69, 9.17) is 0 Å². The highest BCUT2D eigenvalue weighted by atomic mass is 32.2. The summed E-state index contributed by atoms with van der Waals surface area (Å²) in [4.78, 5) is 12.5. The first-order chi connectivity index (χ1) is 13.2. The molecule has 7 heteroatoms. The molecular weight excluding hydrogens is 379 g/mol. The molecule has 5 nitrogen and oxygen atoms in total. The highest BCUT2D eigenvalue weighted by Gasteiger charge is 2.17. The van der Waals surface area contributed by atoms with Gasteiger partial charge in [0.1, 0.15) is 5.82 Å². The van der Waals surface area contributed by atoms with E-state index >= 15 is 0 Å². The van der Waals surface area contributed by atoms with E-state index in [-0.39, 0.29) is 16.1 Å². The summed E-state index contributed by atoms with van der Waals surface area (Å²) >= 11 is 0. The number of sulfonamides is 1. The lowest BCUT2D eigenvalue weighted by Gasteiger charge is -2.11. The lowest BCUT2D eigenvalue weighted by molar-refractivity contribution is 0.102. The smallest absolute Gasteiger partial charge is 0.261 e. The third kappa shape index (κ3) is 4.55. The summed E-state index contributed by atoms with van der Waals surface area (Å²) in [5.74, 6) is -0.974. The fraction of sp³-hybridized carbons (Fsp3) is 0.0952. The van der Waals surface area contributed by atoms with Gasteiger partial charge in [-0.15, -0.1) is 0 Å². The minimum Gasteiger partial charge on any atom is -0.322 e. The van der Waals surface area contributed by atoms with Crippen LogP contribution in [0.1, 0.15) is 21.5 Å². The van der Waals surface area contributed by atoms with E-state index in [0.29, 0.717) is 5.69 Å². The van der Waals surface area contributed by atoms with Gasteiger partial charge < -0.3 is 5.32 Å². The Hall–Kier alpha value is -3.19. The Labute approximate surface area is 163 Å². The molecule has 3 aromatic carbocycles. The first-order valence-electron chi connectivity index (χ1n) is 8.52. The standard InChI is InChI=1S/C21H19FN2O3S/c1-14-9-10-15(2)20(11-14)23-21(25)16-5-3-8-19(12-16)28(26,27)24-18-7-4-6-17(22)13-18/h3-13,24H,1-2H3,(H,23,25). The van der Waals surface area contributed by atoms with Crippen LogP contribution in [-0.2, 0) is 10.0 Å². The van der Waals surface area contributed by atoms with Gasteiger partial charge in [0.25, 0.3) is 15.9 Å². The number of amides is 1. The van der Waals surface area contributed by atoms with E-state index in [1.165, 1.54) is 42.5 Å². The molecular formula is C21H19FN2O3S. The van der Waals surface area contributed by atoms with E-state index < -0.39 is 21.7 Å². The molecule has 0 aliphatic carbocycles. The van der Waals surface area contributed by atoms with Crippen molar-refractivity contribution in [3.8, 4) is 0 Å². The van der Waals surface area contributed by atoms with Crippen LogP contribution >= 0.6 is 0 Å². The Morgan fingerprint density at radius 2 is 1.68 bits per heavy atom. The van der Waals surface area contributed by atoms with Crippen LogP contribution in [0.4, 0.5) is 15.8 Å². The molecule has 0 saturated heterocycles. The average Bonchev–Trinajstić information content (AvgIpc) is 2.64. The molecule has 3 aromatic rings. The lowest BCUT2D eigenvalue weighted by Crippen LogP contribution is -2.16. The van der Waals surface area contributed by atoms with Crippen LogP contribution in [0.25, 0.3) is 0 Å². The highest BCUT2D eigenvalue weighted by molar-refractivity contribution is 7.92. The van der Waals surface area contributed by atoms with Gasteiger partial charge in [-0.3, -0.25) is 9.52 Å². The van der Waals surface area contributed by atoms with Gasteiger partial charge in [0.05, 0.1) is 10.6 Å². The van der Waals surface area contributed by atoms with E-state index in [1.54, 1.807) is 0 Å². The Balaban J connectivity index is 1.85. The predicted molar refractivity (Wildman–Crippen MR) is 108 cm³/mol. The molecule has 0 saturated carbocycles. The summed E-state index contributed by atoms with van der Waals surface area (Å²) < 4.78 is 40.8. The topological polar surface area (TPSA) is 75.3 Å². The van der Waals surface area contributed by atoms with Crippen LogP contribution in [0, 0.1) is 19.7 Å². The number of hydrogen-bond acceptors (Lipinski definition) is 3. The SMILES string of the molecule is Cc1ccc(C)c(NC(=O)c2cccc(S(=O)(=O)Nc3cccc(F)c3)c2)c1. The molecule has 0 aliphatic heterocycles. The van der Waals surface area contributed by atoms with Crippen molar-refractivity contribution in [2.75, 3.05) is 10.0 Å². The number of hydrogen-bond donors (Lipinski definition) is 2. The number of benzene rings is 3. The molecule has 0 spiro atoms. The molecule has 144 valence electrons. The predicted octanol–water partition coefficient (Wildman–Crippen LogP) is 4.50. The number of aryl methyl sites for hydroxylation is 2. The third-order valence-electron chi connectivity index (χ3n) is 4.12. The molecule has 2 N–H and O–H groups in total. The summed E-state index contributed by atoms with van der Waals surface area (Å²) in [6.07, 6.45) is 0. The highest BCUT2D eigenvalue weighted by Crippen LogP contribution is 2.20. The molecule has 0 unspecified atom stereocenters. The Morgan fingerprint density at radius 1 is 0.929 bits per heavy atom. The van der Waals surface area contributed by atoms with Crippen molar-refractivity contribution in [3.63, 3.8) is 0 Å². The van der Waals surface area contributed by atoms with E-state index in [2.05, 4.69) is 10.0 Å². The van der Waals surface area contributed by atoms with Gasteiger partial charge in [-0.1, -0.05) is 24.3 Å². The second-order valence-electron chi connectivity index (χ2n) is 6.42. The van der Waals surface area contributed by atoms with Crippen LogP contribution in [0.15, 0.2) is 71.6 Å². The zero-order valence-corrected chi connectivity index (χ0v) is 16.2. The second kappa shape index (κ2) is 7.82. The molecule has 28 heavy (non-hydrogen) atoms. The summed E-state index contributed by atoms with van der Waals surface area (Å²) in [6, 6.07) is 16.5. The number of halogens is 1. The zero-order chi connectivity index (χ0) is 20.3. The Bertz CT molecular complexity index is 1140. The van der Waals surface area contributed by atoms with Gasteiger partial charge in [0.2, 0.25) is 0 Å². The quantitative estimate of drug-likeness (QED) is 0.665. The Morgan fingerprint density at radius 3 is 2.43 bits per heavy atom. The number of carbonyl (C=O) groups is 1. The van der Waals surface area contributed by atoms with Gasteiger partial charge in [-0.2, -0.15) is 0 Å². The van der Waals surface area contributed by atoms with Crippen molar-refractivity contribution < 1.29 is 17.6 Å². The fourth-order valence-electron chi connectivity index (χ4n) is 2.64. The molecule has 0 heterocycles. The summed E-state index contributed by atoms with van der Waals surface area (Å²) in [6.45, 7) is 3.79. The van der Waals surface area contributed by atoms with E-state index in [9.17, 15) is 17.6 Å². The Kier molecular flexibility index (Phi) is 5.46. The normalized spacial score (nSPS) is 11.1. The molecule has 0 fully saturated rings. The first-order valence-corrected chi connectivity index (χ1v) is 10.00. The third-order valence-corrected chi connectivity index (χ3v) is 5.50. The van der Waals surface area contributed by atoms with Crippen LogP contribution in [0.3, 0.4) is 0 Å². The van der Waals surface area contributed by atoms with E-state index in [0.717, 1.165) is 17.2 Å². The molecule has 0 bridgehead atoms. The summed E-state index contributed by atoms with van der Waals surface area (Å²) in [7, 11) is -3.97. The number of rotatable bonds is 5. The maximum atomic E-state index is 13.3. The zero-order valence-electron chi connectivity index (χ0n) is 15.4. The monoisotopic (exact) mass is 398 g/mol. The molecule has 0 atom stereocenters. The minimum atomic E-state index is -3.97. The van der Waals surface area contributed by atoms with Crippen molar-refractivity contribution >= 4 is 27.3 Å². The van der Waals surface area contributed by atoms with Crippen LogP contribution < -0.4 is 10.0 Å². The summed E-state index contributed by atoms with van der Waals surface area (Å²) in [5, 5.41) is 2.80. The van der Waals surface area contributed by atoms with E-state index in [1.807, 2.05) is 32.0 Å². The van der Waals surface area contributed by atoms with Crippen LogP contribution in [0.5, 0.6) is 0 Å². The maximum absolute atomic E-state index is 13.3. The molecule has 1 amide bonds. The first kappa shape index (κ1) is 19.6. The second-order valence-corrected chi connectivity index (χ2v) is 8.10. The number of anilines is 2. The molecule has 0 aliphatic rings. The van der Waals surface area contributed by atoms with Crippen molar-refractivity contribution in [2.24, 2.45) is 0 Å². The fourth-order valence-corrected chi connectivity index (χ4v) is 3.73. The lowest BCUT2D eigenvalue weighted by atomic mass is 10.1. The van der Waals surface area contributed by atoms with Crippen LogP contribution in [-0.4, -0.2) is 14.3 Å². The molecule has 0 radical (unpaired) electrons. The molecule has 3 rings (SSSR count). The summed E-state index contributed by atoms with van der Waals surface area (Å²) in [5.41, 5.74) is 2.86. The van der Waals surface area contributed by atoms with Crippen molar-refractivity contribution in [3.05, 3.63) is 89.2 Å². The van der Waals surface area contributed by atoms with Gasteiger partial charge in [0.15, 0.2) is 0 Å². The maximum Gasteiger partial charge on any atom is 0.261 e.